The molecule has 84 valence electrons. The molecule has 0 bridgehead atoms. The topological polar surface area (TPSA) is 51.2 Å². The SMILES string of the molecule is CCCC(=O)CC(=O)C(=O)c1ccccc1. The second-order valence-corrected chi connectivity index (χ2v) is 3.58. The summed E-state index contributed by atoms with van der Waals surface area (Å²) >= 11 is 0. The van der Waals surface area contributed by atoms with E-state index in [1.165, 1.54) is 0 Å². The van der Waals surface area contributed by atoms with Crippen LogP contribution in [0.4, 0.5) is 0 Å². The van der Waals surface area contributed by atoms with Crippen LogP contribution in [0.25, 0.3) is 0 Å². The van der Waals surface area contributed by atoms with E-state index in [4.69, 9.17) is 0 Å². The summed E-state index contributed by atoms with van der Waals surface area (Å²) in [6, 6.07) is 8.29. The lowest BCUT2D eigenvalue weighted by Gasteiger charge is -1.99. The van der Waals surface area contributed by atoms with Gasteiger partial charge in [-0.05, 0) is 6.42 Å². The van der Waals surface area contributed by atoms with Crippen molar-refractivity contribution in [3.63, 3.8) is 0 Å². The summed E-state index contributed by atoms with van der Waals surface area (Å²) in [6.45, 7) is 1.86. The zero-order valence-electron chi connectivity index (χ0n) is 9.23. The highest BCUT2D eigenvalue weighted by Gasteiger charge is 2.18. The Bertz CT molecular complexity index is 393. The Hall–Kier alpha value is -1.77. The molecule has 0 aliphatic heterocycles. The lowest BCUT2D eigenvalue weighted by atomic mass is 10.0. The number of ketones is 3. The van der Waals surface area contributed by atoms with Crippen molar-refractivity contribution in [2.75, 3.05) is 0 Å². The summed E-state index contributed by atoms with van der Waals surface area (Å²) in [5, 5.41) is 0. The molecule has 3 heteroatoms. The first-order valence-electron chi connectivity index (χ1n) is 5.29. The van der Waals surface area contributed by atoms with Gasteiger partial charge in [0.2, 0.25) is 11.6 Å². The van der Waals surface area contributed by atoms with Gasteiger partial charge in [0.05, 0.1) is 6.42 Å². The summed E-state index contributed by atoms with van der Waals surface area (Å²) in [5.74, 6) is -1.37. The van der Waals surface area contributed by atoms with Crippen LogP contribution >= 0.6 is 0 Å². The smallest absolute Gasteiger partial charge is 0.229 e. The van der Waals surface area contributed by atoms with Crippen molar-refractivity contribution >= 4 is 17.3 Å². The molecule has 0 saturated heterocycles. The summed E-state index contributed by atoms with van der Waals surface area (Å²) < 4.78 is 0. The number of rotatable bonds is 6. The second-order valence-electron chi connectivity index (χ2n) is 3.58. The van der Waals surface area contributed by atoms with Gasteiger partial charge < -0.3 is 0 Å². The third kappa shape index (κ3) is 3.42. The van der Waals surface area contributed by atoms with E-state index in [1.54, 1.807) is 30.3 Å². The van der Waals surface area contributed by atoms with Crippen molar-refractivity contribution in [3.05, 3.63) is 35.9 Å². The van der Waals surface area contributed by atoms with Crippen molar-refractivity contribution in [1.82, 2.24) is 0 Å². The third-order valence-corrected chi connectivity index (χ3v) is 2.18. The van der Waals surface area contributed by atoms with E-state index in [9.17, 15) is 14.4 Å². The molecular formula is C13H14O3. The van der Waals surface area contributed by atoms with E-state index >= 15 is 0 Å². The van der Waals surface area contributed by atoms with Gasteiger partial charge in [0, 0.05) is 12.0 Å². The molecule has 0 N–H and O–H groups in total. The molecule has 1 aromatic rings. The monoisotopic (exact) mass is 218 g/mol. The van der Waals surface area contributed by atoms with Crippen LogP contribution in [-0.4, -0.2) is 17.3 Å². The van der Waals surface area contributed by atoms with Crippen LogP contribution in [0.5, 0.6) is 0 Å². The minimum atomic E-state index is -0.621. The summed E-state index contributed by atoms with van der Waals surface area (Å²) in [5.41, 5.74) is 0.344. The predicted octanol–water partition coefficient (Wildman–Crippen LogP) is 2.20. The first-order valence-corrected chi connectivity index (χ1v) is 5.29. The van der Waals surface area contributed by atoms with Crippen LogP contribution in [0.15, 0.2) is 30.3 Å². The lowest BCUT2D eigenvalue weighted by molar-refractivity contribution is -0.125. The molecule has 0 saturated carbocycles. The fraction of sp³-hybridized carbons (Fsp3) is 0.308. The van der Waals surface area contributed by atoms with Crippen LogP contribution in [0.1, 0.15) is 36.5 Å². The molecule has 0 aliphatic rings. The quantitative estimate of drug-likeness (QED) is 0.418. The van der Waals surface area contributed by atoms with E-state index < -0.39 is 11.6 Å². The third-order valence-electron chi connectivity index (χ3n) is 2.18. The number of hydrogen-bond donors (Lipinski definition) is 0. The first kappa shape index (κ1) is 12.3. The van der Waals surface area contributed by atoms with Gasteiger partial charge in [-0.3, -0.25) is 14.4 Å². The van der Waals surface area contributed by atoms with E-state index in [1.807, 2.05) is 6.92 Å². The largest absolute Gasteiger partial charge is 0.299 e. The molecular weight excluding hydrogens is 204 g/mol. The maximum absolute atomic E-state index is 11.6. The molecule has 0 atom stereocenters. The molecule has 0 radical (unpaired) electrons. The Kier molecular flexibility index (Phi) is 4.58. The zero-order valence-corrected chi connectivity index (χ0v) is 9.23. The molecule has 0 amide bonds. The Morgan fingerprint density at radius 3 is 2.25 bits per heavy atom. The maximum atomic E-state index is 11.6. The van der Waals surface area contributed by atoms with Crippen molar-refractivity contribution in [1.29, 1.82) is 0 Å². The Balaban J connectivity index is 2.62. The minimum Gasteiger partial charge on any atom is -0.299 e. The average Bonchev–Trinajstić information content (AvgIpc) is 2.29. The molecule has 0 spiro atoms. The van der Waals surface area contributed by atoms with Crippen LogP contribution in [0, 0.1) is 0 Å². The Labute approximate surface area is 94.5 Å². The van der Waals surface area contributed by atoms with Crippen molar-refractivity contribution < 1.29 is 14.4 Å². The van der Waals surface area contributed by atoms with Gasteiger partial charge in [0.1, 0.15) is 5.78 Å². The molecule has 1 aromatic carbocycles. The molecule has 0 fully saturated rings. The highest BCUT2D eigenvalue weighted by molar-refractivity contribution is 6.46. The fourth-order valence-corrected chi connectivity index (χ4v) is 1.38. The second kappa shape index (κ2) is 5.95. The normalized spacial score (nSPS) is 9.81. The van der Waals surface area contributed by atoms with Gasteiger partial charge in [-0.25, -0.2) is 0 Å². The van der Waals surface area contributed by atoms with Crippen LogP contribution < -0.4 is 0 Å². The lowest BCUT2D eigenvalue weighted by Crippen LogP contribution is -2.17. The van der Waals surface area contributed by atoms with Gasteiger partial charge in [-0.1, -0.05) is 37.3 Å². The van der Waals surface area contributed by atoms with Crippen molar-refractivity contribution in [3.8, 4) is 0 Å². The summed E-state index contributed by atoms with van der Waals surface area (Å²) in [6.07, 6.45) is 0.779. The molecule has 0 heterocycles. The Morgan fingerprint density at radius 1 is 1.06 bits per heavy atom. The molecule has 1 rings (SSSR count). The standard InChI is InChI=1S/C13H14O3/c1-2-6-11(14)9-12(15)13(16)10-7-4-3-5-8-10/h3-5,7-8H,2,6,9H2,1H3. The highest BCUT2D eigenvalue weighted by atomic mass is 16.2. The fourth-order valence-electron chi connectivity index (χ4n) is 1.38. The predicted molar refractivity (Wildman–Crippen MR) is 60.3 cm³/mol. The maximum Gasteiger partial charge on any atom is 0.229 e. The van der Waals surface area contributed by atoms with Gasteiger partial charge >= 0.3 is 0 Å². The molecule has 0 unspecified atom stereocenters. The molecule has 0 aliphatic carbocycles. The molecule has 0 aromatic heterocycles. The van der Waals surface area contributed by atoms with E-state index in [-0.39, 0.29) is 12.2 Å². The van der Waals surface area contributed by atoms with Gasteiger partial charge in [-0.15, -0.1) is 0 Å². The van der Waals surface area contributed by atoms with Crippen LogP contribution in [0.3, 0.4) is 0 Å². The van der Waals surface area contributed by atoms with Crippen molar-refractivity contribution in [2.24, 2.45) is 0 Å². The summed E-state index contributed by atoms with van der Waals surface area (Å²) in [4.78, 5) is 34.3. The molecule has 3 nitrogen and oxygen atoms in total. The highest BCUT2D eigenvalue weighted by Crippen LogP contribution is 2.04. The minimum absolute atomic E-state index is 0.170. The van der Waals surface area contributed by atoms with Gasteiger partial charge in [-0.2, -0.15) is 0 Å². The van der Waals surface area contributed by atoms with E-state index in [2.05, 4.69) is 0 Å². The van der Waals surface area contributed by atoms with Crippen LogP contribution in [0.2, 0.25) is 0 Å². The van der Waals surface area contributed by atoms with Crippen molar-refractivity contribution in [2.45, 2.75) is 26.2 Å². The number of carbonyl (C=O) groups excluding carboxylic acids is 3. The zero-order chi connectivity index (χ0) is 12.0. The number of hydrogen-bond acceptors (Lipinski definition) is 3. The number of Topliss-reactive ketones (excluding diaryl/α,β-unsaturated/α-hetero) is 3. The Morgan fingerprint density at radius 2 is 1.69 bits per heavy atom. The number of carbonyl (C=O) groups is 3. The average molecular weight is 218 g/mol. The van der Waals surface area contributed by atoms with Crippen LogP contribution in [-0.2, 0) is 9.59 Å². The van der Waals surface area contributed by atoms with Gasteiger partial charge in [0.15, 0.2) is 0 Å². The number of benzene rings is 1. The molecule has 16 heavy (non-hydrogen) atoms. The van der Waals surface area contributed by atoms with Gasteiger partial charge in [0.25, 0.3) is 0 Å². The summed E-state index contributed by atoms with van der Waals surface area (Å²) in [7, 11) is 0. The van der Waals surface area contributed by atoms with E-state index in [0.29, 0.717) is 18.4 Å². The van der Waals surface area contributed by atoms with E-state index in [0.717, 1.165) is 0 Å². The first-order chi connectivity index (χ1) is 7.65.